The lowest BCUT2D eigenvalue weighted by molar-refractivity contribution is 0.660. The molecule has 0 aliphatic heterocycles. The van der Waals surface area contributed by atoms with Crippen LogP contribution in [0.15, 0.2) is 109 Å². The minimum atomic E-state index is -0.0592. The number of anilines is 4. The molecule has 0 unspecified atom stereocenters. The summed E-state index contributed by atoms with van der Waals surface area (Å²) in [5, 5.41) is 0. The van der Waals surface area contributed by atoms with E-state index in [1.807, 2.05) is 12.1 Å². The average Bonchev–Trinajstić information content (AvgIpc) is 3.30. The van der Waals surface area contributed by atoms with Crippen molar-refractivity contribution in [3.8, 4) is 22.3 Å². The molecule has 7 rings (SSSR count). The molecule has 0 saturated heterocycles. The Morgan fingerprint density at radius 3 is 1.32 bits per heavy atom. The van der Waals surface area contributed by atoms with Crippen LogP contribution in [0.3, 0.4) is 0 Å². The number of hydrogen-bond donors (Lipinski definition) is 1. The Kier molecular flexibility index (Phi) is 4.72. The minimum absolute atomic E-state index is 0.0592. The summed E-state index contributed by atoms with van der Waals surface area (Å²) in [5.74, 6) is 0. The van der Waals surface area contributed by atoms with Crippen molar-refractivity contribution in [3.05, 3.63) is 131 Å². The standard InChI is InChI=1S/C36H32N2/c1-35(2)31-11-7-5-9-27(31)29-19-17-25(21-33(29)35)38(24-15-13-23(37)14-16-24)26-18-20-30-28-10-6-8-12-32(28)36(3,4)34(30)22-26/h5-22H,37H2,1-4H3. The maximum Gasteiger partial charge on any atom is 0.0465 e. The third-order valence-corrected chi connectivity index (χ3v) is 8.80. The van der Waals surface area contributed by atoms with Gasteiger partial charge in [0.25, 0.3) is 0 Å². The van der Waals surface area contributed by atoms with Crippen LogP contribution < -0.4 is 10.6 Å². The minimum Gasteiger partial charge on any atom is -0.399 e. The van der Waals surface area contributed by atoms with Gasteiger partial charge in [0.1, 0.15) is 0 Å². The van der Waals surface area contributed by atoms with Crippen LogP contribution in [0.25, 0.3) is 22.3 Å². The number of benzene rings is 5. The van der Waals surface area contributed by atoms with E-state index in [4.69, 9.17) is 5.73 Å². The molecule has 38 heavy (non-hydrogen) atoms. The van der Waals surface area contributed by atoms with Crippen LogP contribution in [0.5, 0.6) is 0 Å². The topological polar surface area (TPSA) is 29.3 Å². The third kappa shape index (κ3) is 3.13. The van der Waals surface area contributed by atoms with E-state index in [1.54, 1.807) is 0 Å². The number of fused-ring (bicyclic) bond motifs is 6. The summed E-state index contributed by atoms with van der Waals surface area (Å²) in [5.41, 5.74) is 21.0. The van der Waals surface area contributed by atoms with Crippen molar-refractivity contribution in [3.63, 3.8) is 0 Å². The number of nitrogens with two attached hydrogens (primary N) is 1. The van der Waals surface area contributed by atoms with Gasteiger partial charge in [-0.15, -0.1) is 0 Å². The molecule has 0 bridgehead atoms. The van der Waals surface area contributed by atoms with Crippen molar-refractivity contribution in [1.82, 2.24) is 0 Å². The molecule has 0 aromatic heterocycles. The van der Waals surface area contributed by atoms with E-state index < -0.39 is 0 Å². The Bertz CT molecular complexity index is 1620. The van der Waals surface area contributed by atoms with Gasteiger partial charge in [0.05, 0.1) is 0 Å². The van der Waals surface area contributed by atoms with Crippen molar-refractivity contribution >= 4 is 22.7 Å². The Labute approximate surface area is 225 Å². The second-order valence-corrected chi connectivity index (χ2v) is 11.7. The van der Waals surface area contributed by atoms with Crippen LogP contribution in [-0.2, 0) is 10.8 Å². The van der Waals surface area contributed by atoms with Crippen molar-refractivity contribution in [1.29, 1.82) is 0 Å². The Hall–Kier alpha value is -4.30. The van der Waals surface area contributed by atoms with Gasteiger partial charge in [-0.05, 0) is 93.0 Å². The van der Waals surface area contributed by atoms with Crippen LogP contribution in [0.2, 0.25) is 0 Å². The Morgan fingerprint density at radius 2 is 0.842 bits per heavy atom. The monoisotopic (exact) mass is 492 g/mol. The van der Waals surface area contributed by atoms with Crippen LogP contribution >= 0.6 is 0 Å². The van der Waals surface area contributed by atoms with E-state index in [0.29, 0.717) is 0 Å². The van der Waals surface area contributed by atoms with Gasteiger partial charge in [0.15, 0.2) is 0 Å². The smallest absolute Gasteiger partial charge is 0.0465 e. The zero-order valence-corrected chi connectivity index (χ0v) is 22.4. The van der Waals surface area contributed by atoms with Gasteiger partial charge in [-0.2, -0.15) is 0 Å². The summed E-state index contributed by atoms with van der Waals surface area (Å²) in [6, 6.07) is 39.8. The first-order valence-electron chi connectivity index (χ1n) is 13.4. The normalized spacial score (nSPS) is 15.4. The highest BCUT2D eigenvalue weighted by molar-refractivity contribution is 5.88. The molecule has 2 aliphatic rings. The molecule has 2 nitrogen and oxygen atoms in total. The molecule has 186 valence electrons. The molecular formula is C36H32N2. The van der Waals surface area contributed by atoms with Crippen LogP contribution in [0, 0.1) is 0 Å². The van der Waals surface area contributed by atoms with E-state index in [2.05, 4.69) is 130 Å². The Morgan fingerprint density at radius 1 is 0.447 bits per heavy atom. The number of nitrogen functional groups attached to an aromatic ring is 1. The van der Waals surface area contributed by atoms with Gasteiger partial charge >= 0.3 is 0 Å². The molecule has 2 aliphatic carbocycles. The molecule has 2 N–H and O–H groups in total. The van der Waals surface area contributed by atoms with Crippen molar-refractivity contribution in [2.24, 2.45) is 0 Å². The lowest BCUT2D eigenvalue weighted by Gasteiger charge is -2.29. The predicted molar refractivity (Wildman–Crippen MR) is 161 cm³/mol. The van der Waals surface area contributed by atoms with E-state index in [9.17, 15) is 0 Å². The van der Waals surface area contributed by atoms with Gasteiger partial charge in [0.2, 0.25) is 0 Å². The summed E-state index contributed by atoms with van der Waals surface area (Å²) in [6.45, 7) is 9.35. The van der Waals surface area contributed by atoms with Gasteiger partial charge < -0.3 is 10.6 Å². The van der Waals surface area contributed by atoms with Crippen LogP contribution in [0.1, 0.15) is 49.9 Å². The highest BCUT2D eigenvalue weighted by atomic mass is 15.1. The fraction of sp³-hybridized carbons (Fsp3) is 0.167. The zero-order valence-electron chi connectivity index (χ0n) is 22.4. The van der Waals surface area contributed by atoms with Crippen molar-refractivity contribution < 1.29 is 0 Å². The summed E-state index contributed by atoms with van der Waals surface area (Å²) < 4.78 is 0. The first kappa shape index (κ1) is 22.9. The molecule has 0 fully saturated rings. The molecule has 2 heteroatoms. The SMILES string of the molecule is CC1(C)c2ccccc2-c2ccc(N(c3ccc(N)cc3)c3ccc4c(c3)C(C)(C)c3ccccc3-4)cc21. The second kappa shape index (κ2) is 7.85. The predicted octanol–water partition coefficient (Wildman–Crippen LogP) is 9.35. The maximum absolute atomic E-state index is 6.10. The number of rotatable bonds is 3. The summed E-state index contributed by atoms with van der Waals surface area (Å²) in [7, 11) is 0. The molecule has 0 atom stereocenters. The summed E-state index contributed by atoms with van der Waals surface area (Å²) >= 11 is 0. The highest BCUT2D eigenvalue weighted by Gasteiger charge is 2.37. The quantitative estimate of drug-likeness (QED) is 0.254. The van der Waals surface area contributed by atoms with Crippen LogP contribution in [0.4, 0.5) is 22.7 Å². The maximum atomic E-state index is 6.10. The number of nitrogens with zero attached hydrogens (tertiary/aromatic N) is 1. The van der Waals surface area contributed by atoms with Gasteiger partial charge in [-0.3, -0.25) is 0 Å². The Balaban J connectivity index is 1.42. The summed E-state index contributed by atoms with van der Waals surface area (Å²) in [6.07, 6.45) is 0. The highest BCUT2D eigenvalue weighted by Crippen LogP contribution is 2.52. The van der Waals surface area contributed by atoms with Gasteiger partial charge in [-0.25, -0.2) is 0 Å². The molecule has 0 amide bonds. The van der Waals surface area contributed by atoms with E-state index in [-0.39, 0.29) is 10.8 Å². The summed E-state index contributed by atoms with van der Waals surface area (Å²) in [4.78, 5) is 2.37. The first-order valence-corrected chi connectivity index (χ1v) is 13.4. The number of hydrogen-bond acceptors (Lipinski definition) is 2. The van der Waals surface area contributed by atoms with Crippen molar-refractivity contribution in [2.75, 3.05) is 10.6 Å². The largest absolute Gasteiger partial charge is 0.399 e. The molecule has 5 aromatic rings. The van der Waals surface area contributed by atoms with Crippen molar-refractivity contribution in [2.45, 2.75) is 38.5 Å². The first-order chi connectivity index (χ1) is 18.3. The molecule has 0 saturated carbocycles. The lowest BCUT2D eigenvalue weighted by Crippen LogP contribution is -2.18. The third-order valence-electron chi connectivity index (χ3n) is 8.80. The molecular weight excluding hydrogens is 460 g/mol. The molecule has 5 aromatic carbocycles. The zero-order chi connectivity index (χ0) is 26.2. The van der Waals surface area contributed by atoms with Gasteiger partial charge in [0, 0.05) is 33.6 Å². The molecule has 0 radical (unpaired) electrons. The fourth-order valence-electron chi connectivity index (χ4n) is 6.73. The van der Waals surface area contributed by atoms with E-state index >= 15 is 0 Å². The molecule has 0 heterocycles. The van der Waals surface area contributed by atoms with Gasteiger partial charge in [-0.1, -0.05) is 88.4 Å². The molecule has 0 spiro atoms. The average molecular weight is 493 g/mol. The van der Waals surface area contributed by atoms with E-state index in [1.165, 1.54) is 44.5 Å². The fourth-order valence-corrected chi connectivity index (χ4v) is 6.73. The second-order valence-electron chi connectivity index (χ2n) is 11.7. The lowest BCUT2D eigenvalue weighted by atomic mass is 9.82. The van der Waals surface area contributed by atoms with E-state index in [0.717, 1.165) is 22.7 Å². The van der Waals surface area contributed by atoms with Crippen LogP contribution in [-0.4, -0.2) is 0 Å².